The summed E-state index contributed by atoms with van der Waals surface area (Å²) in [5.74, 6) is 1.60. The molecule has 29 heavy (non-hydrogen) atoms. The van der Waals surface area contributed by atoms with Crippen LogP contribution in [0.25, 0.3) is 0 Å². The molecule has 3 fully saturated rings. The zero-order valence-corrected chi connectivity index (χ0v) is 17.4. The summed E-state index contributed by atoms with van der Waals surface area (Å²) in [6.07, 6.45) is 14.2. The smallest absolute Gasteiger partial charge is 0.222 e. The van der Waals surface area contributed by atoms with Gasteiger partial charge in [-0.15, -0.1) is 0 Å². The van der Waals surface area contributed by atoms with Crippen molar-refractivity contribution in [2.24, 2.45) is 13.0 Å². The van der Waals surface area contributed by atoms with Crippen LogP contribution in [0, 0.1) is 5.92 Å². The third-order valence-electron chi connectivity index (χ3n) is 7.07. The first kappa shape index (κ1) is 19.0. The van der Waals surface area contributed by atoms with Crippen LogP contribution in [0.4, 0.5) is 5.95 Å². The SMILES string of the molecule is Cn1ncc(C2(N3CCOCC3)CCC(Nc3ncccn3)CC2)c1CC1CC1. The third kappa shape index (κ3) is 3.90. The summed E-state index contributed by atoms with van der Waals surface area (Å²) in [4.78, 5) is 11.4. The number of aromatic nitrogens is 4. The number of aryl methyl sites for hydroxylation is 1. The molecule has 5 rings (SSSR count). The van der Waals surface area contributed by atoms with Crippen LogP contribution in [-0.2, 0) is 23.7 Å². The Balaban J connectivity index is 1.39. The Bertz CT molecular complexity index is 804. The molecule has 3 heterocycles. The van der Waals surface area contributed by atoms with E-state index in [2.05, 4.69) is 38.1 Å². The van der Waals surface area contributed by atoms with Gasteiger partial charge in [-0.05, 0) is 56.9 Å². The quantitative estimate of drug-likeness (QED) is 0.810. The second-order valence-corrected chi connectivity index (χ2v) is 8.90. The number of hydrogen-bond acceptors (Lipinski definition) is 6. The van der Waals surface area contributed by atoms with Crippen molar-refractivity contribution in [3.05, 3.63) is 35.9 Å². The normalized spacial score (nSPS) is 28.4. The number of anilines is 1. The van der Waals surface area contributed by atoms with Gasteiger partial charge in [-0.3, -0.25) is 9.58 Å². The molecule has 0 amide bonds. The van der Waals surface area contributed by atoms with Crippen LogP contribution in [0.3, 0.4) is 0 Å². The fourth-order valence-corrected chi connectivity index (χ4v) is 5.23. The maximum Gasteiger partial charge on any atom is 0.222 e. The molecule has 1 saturated heterocycles. The molecule has 0 bridgehead atoms. The van der Waals surface area contributed by atoms with Crippen LogP contribution >= 0.6 is 0 Å². The number of hydrogen-bond donors (Lipinski definition) is 1. The van der Waals surface area contributed by atoms with E-state index in [0.717, 1.165) is 63.9 Å². The van der Waals surface area contributed by atoms with Gasteiger partial charge in [0, 0.05) is 55.4 Å². The summed E-state index contributed by atoms with van der Waals surface area (Å²) in [6.45, 7) is 3.69. The summed E-state index contributed by atoms with van der Waals surface area (Å²) < 4.78 is 7.83. The molecule has 2 aromatic rings. The largest absolute Gasteiger partial charge is 0.379 e. The molecule has 2 saturated carbocycles. The molecule has 2 aliphatic carbocycles. The van der Waals surface area contributed by atoms with Crippen LogP contribution < -0.4 is 5.32 Å². The van der Waals surface area contributed by atoms with Crippen LogP contribution in [0.2, 0.25) is 0 Å². The van der Waals surface area contributed by atoms with Crippen molar-refractivity contribution in [3.8, 4) is 0 Å². The topological polar surface area (TPSA) is 68.1 Å². The first-order valence-corrected chi connectivity index (χ1v) is 11.1. The Labute approximate surface area is 172 Å². The third-order valence-corrected chi connectivity index (χ3v) is 7.07. The van der Waals surface area contributed by atoms with E-state index in [0.29, 0.717) is 6.04 Å². The lowest BCUT2D eigenvalue weighted by molar-refractivity contribution is -0.0419. The lowest BCUT2D eigenvalue weighted by atomic mass is 9.73. The average molecular weight is 397 g/mol. The lowest BCUT2D eigenvalue weighted by Gasteiger charge is -2.49. The molecule has 7 nitrogen and oxygen atoms in total. The maximum absolute atomic E-state index is 5.69. The summed E-state index contributed by atoms with van der Waals surface area (Å²) in [7, 11) is 2.12. The zero-order valence-electron chi connectivity index (χ0n) is 17.4. The molecule has 0 radical (unpaired) electrons. The Morgan fingerprint density at radius 1 is 1.10 bits per heavy atom. The van der Waals surface area contributed by atoms with Gasteiger partial charge in [0.1, 0.15) is 0 Å². The molecule has 0 unspecified atom stereocenters. The van der Waals surface area contributed by atoms with Crippen molar-refractivity contribution in [1.82, 2.24) is 24.6 Å². The van der Waals surface area contributed by atoms with Crippen molar-refractivity contribution in [3.63, 3.8) is 0 Å². The van der Waals surface area contributed by atoms with E-state index in [9.17, 15) is 0 Å². The fraction of sp³-hybridized carbons (Fsp3) is 0.682. The monoisotopic (exact) mass is 396 g/mol. The summed E-state index contributed by atoms with van der Waals surface area (Å²) >= 11 is 0. The van der Waals surface area contributed by atoms with E-state index >= 15 is 0 Å². The molecular formula is C22H32N6O. The Morgan fingerprint density at radius 3 is 2.52 bits per heavy atom. The highest BCUT2D eigenvalue weighted by molar-refractivity contribution is 5.31. The molecule has 0 atom stereocenters. The molecule has 1 aliphatic heterocycles. The summed E-state index contributed by atoms with van der Waals surface area (Å²) in [6, 6.07) is 2.29. The van der Waals surface area contributed by atoms with Gasteiger partial charge in [0.25, 0.3) is 0 Å². The van der Waals surface area contributed by atoms with Gasteiger partial charge in [-0.25, -0.2) is 9.97 Å². The van der Waals surface area contributed by atoms with Crippen molar-refractivity contribution >= 4 is 5.95 Å². The van der Waals surface area contributed by atoms with Gasteiger partial charge in [-0.1, -0.05) is 0 Å². The molecule has 3 aliphatic rings. The molecule has 0 spiro atoms. The molecule has 156 valence electrons. The van der Waals surface area contributed by atoms with E-state index < -0.39 is 0 Å². The maximum atomic E-state index is 5.69. The van der Waals surface area contributed by atoms with Crippen LogP contribution in [-0.4, -0.2) is 57.0 Å². The van der Waals surface area contributed by atoms with Gasteiger partial charge in [0.2, 0.25) is 5.95 Å². The van der Waals surface area contributed by atoms with Crippen LogP contribution in [0.15, 0.2) is 24.7 Å². The second-order valence-electron chi connectivity index (χ2n) is 8.90. The average Bonchev–Trinajstić information content (AvgIpc) is 3.52. The molecule has 0 aromatic carbocycles. The molecule has 1 N–H and O–H groups in total. The minimum absolute atomic E-state index is 0.0813. The highest BCUT2D eigenvalue weighted by Crippen LogP contribution is 2.46. The van der Waals surface area contributed by atoms with Crippen LogP contribution in [0.1, 0.15) is 49.8 Å². The first-order chi connectivity index (χ1) is 14.2. The fourth-order valence-electron chi connectivity index (χ4n) is 5.23. The van der Waals surface area contributed by atoms with Crippen molar-refractivity contribution < 1.29 is 4.74 Å². The van der Waals surface area contributed by atoms with Gasteiger partial charge < -0.3 is 10.1 Å². The zero-order chi connectivity index (χ0) is 19.7. The van der Waals surface area contributed by atoms with E-state index in [1.54, 1.807) is 12.4 Å². The highest BCUT2D eigenvalue weighted by atomic mass is 16.5. The number of rotatable bonds is 6. The van der Waals surface area contributed by atoms with E-state index in [4.69, 9.17) is 9.84 Å². The highest BCUT2D eigenvalue weighted by Gasteiger charge is 2.45. The lowest BCUT2D eigenvalue weighted by Crippen LogP contribution is -2.54. The van der Waals surface area contributed by atoms with Crippen LogP contribution in [0.5, 0.6) is 0 Å². The standard InChI is InChI=1S/C22H32N6O/c1-27-20(15-17-3-4-17)19(16-25-27)22(28-11-13-29-14-12-28)7-5-18(6-8-22)26-21-23-9-2-10-24-21/h2,9-10,16-18H,3-8,11-15H2,1H3,(H,23,24,26). The van der Waals surface area contributed by atoms with Crippen molar-refractivity contribution in [2.45, 2.75) is 56.5 Å². The molecule has 2 aromatic heterocycles. The van der Waals surface area contributed by atoms with E-state index in [1.165, 1.54) is 30.5 Å². The van der Waals surface area contributed by atoms with E-state index in [1.807, 2.05) is 6.07 Å². The first-order valence-electron chi connectivity index (χ1n) is 11.1. The van der Waals surface area contributed by atoms with Crippen molar-refractivity contribution in [2.75, 3.05) is 31.6 Å². The Hall–Kier alpha value is -1.99. The van der Waals surface area contributed by atoms with E-state index in [-0.39, 0.29) is 5.54 Å². The van der Waals surface area contributed by atoms with Gasteiger partial charge in [0.05, 0.1) is 19.4 Å². The molecule has 7 heteroatoms. The number of morpholine rings is 1. The number of nitrogens with one attached hydrogen (secondary N) is 1. The Morgan fingerprint density at radius 2 is 1.83 bits per heavy atom. The van der Waals surface area contributed by atoms with Gasteiger partial charge in [0.15, 0.2) is 0 Å². The predicted molar refractivity (Wildman–Crippen MR) is 112 cm³/mol. The van der Waals surface area contributed by atoms with Gasteiger partial charge >= 0.3 is 0 Å². The summed E-state index contributed by atoms with van der Waals surface area (Å²) in [5, 5.41) is 8.27. The predicted octanol–water partition coefficient (Wildman–Crippen LogP) is 2.74. The number of nitrogens with zero attached hydrogens (tertiary/aromatic N) is 5. The van der Waals surface area contributed by atoms with Gasteiger partial charge in [-0.2, -0.15) is 5.10 Å². The number of ether oxygens (including phenoxy) is 1. The minimum atomic E-state index is 0.0813. The molecular weight excluding hydrogens is 364 g/mol. The minimum Gasteiger partial charge on any atom is -0.379 e. The second kappa shape index (κ2) is 8.03. The Kier molecular flexibility index (Phi) is 5.26. The summed E-state index contributed by atoms with van der Waals surface area (Å²) in [5.41, 5.74) is 3.01. The van der Waals surface area contributed by atoms with Crippen molar-refractivity contribution in [1.29, 1.82) is 0 Å².